The molecule has 0 N–H and O–H groups in total. The van der Waals surface area contributed by atoms with Crippen molar-refractivity contribution in [3.63, 3.8) is 0 Å². The van der Waals surface area contributed by atoms with Crippen molar-refractivity contribution < 1.29 is 9.47 Å². The van der Waals surface area contributed by atoms with Gasteiger partial charge in [-0.15, -0.1) is 0 Å². The summed E-state index contributed by atoms with van der Waals surface area (Å²) in [6.45, 7) is 0.796. The molecule has 0 aliphatic heterocycles. The van der Waals surface area contributed by atoms with E-state index in [-0.39, 0.29) is 0 Å². The Morgan fingerprint density at radius 3 is 2.20 bits per heavy atom. The molecule has 0 heterocycles. The Bertz CT molecular complexity index is 540. The lowest BCUT2D eigenvalue weighted by atomic mass is 10.1. The predicted molar refractivity (Wildman–Crippen MR) is 88.3 cm³/mol. The highest BCUT2D eigenvalue weighted by atomic mass is 79.9. The van der Waals surface area contributed by atoms with Gasteiger partial charge in [0.2, 0.25) is 0 Å². The minimum atomic E-state index is 0.796. The number of fused-ring (bicyclic) bond motifs is 1. The van der Waals surface area contributed by atoms with Gasteiger partial charge in [-0.3, -0.25) is 0 Å². The second-order valence-electron chi connectivity index (χ2n) is 4.83. The first-order valence-electron chi connectivity index (χ1n) is 7.10. The zero-order chi connectivity index (χ0) is 14.2. The summed E-state index contributed by atoms with van der Waals surface area (Å²) in [5.41, 5.74) is 0. The summed E-state index contributed by atoms with van der Waals surface area (Å²) in [7, 11) is 1.69. The molecule has 2 rings (SSSR count). The maximum atomic E-state index is 5.81. The van der Waals surface area contributed by atoms with E-state index in [0.717, 1.165) is 29.9 Å². The molecule has 0 unspecified atom stereocenters. The third kappa shape index (κ3) is 4.41. The molecule has 2 aromatic carbocycles. The molecule has 0 spiro atoms. The van der Waals surface area contributed by atoms with Crippen molar-refractivity contribution in [2.45, 2.75) is 25.7 Å². The number of ether oxygens (including phenoxy) is 2. The second kappa shape index (κ2) is 8.15. The van der Waals surface area contributed by atoms with Crippen molar-refractivity contribution in [2.24, 2.45) is 0 Å². The number of methoxy groups -OCH3 is 1. The van der Waals surface area contributed by atoms with E-state index in [1.165, 1.54) is 30.0 Å². The van der Waals surface area contributed by atoms with Gasteiger partial charge in [-0.2, -0.15) is 0 Å². The average molecular weight is 337 g/mol. The van der Waals surface area contributed by atoms with Crippen LogP contribution in [-0.4, -0.2) is 19.0 Å². The van der Waals surface area contributed by atoms with Crippen LogP contribution in [0.15, 0.2) is 36.4 Å². The zero-order valence-corrected chi connectivity index (χ0v) is 13.5. The lowest BCUT2D eigenvalue weighted by Crippen LogP contribution is -1.97. The van der Waals surface area contributed by atoms with Crippen LogP contribution < -0.4 is 9.47 Å². The Hall–Kier alpha value is -1.22. The summed E-state index contributed by atoms with van der Waals surface area (Å²) in [6, 6.07) is 12.3. The van der Waals surface area contributed by atoms with Gasteiger partial charge in [0, 0.05) is 5.33 Å². The molecule has 2 aromatic rings. The predicted octanol–water partition coefficient (Wildman–Crippen LogP) is 5.18. The zero-order valence-electron chi connectivity index (χ0n) is 11.9. The molecule has 0 saturated heterocycles. The molecule has 0 bridgehead atoms. The van der Waals surface area contributed by atoms with Gasteiger partial charge in [-0.25, -0.2) is 0 Å². The lowest BCUT2D eigenvalue weighted by Gasteiger charge is -2.08. The minimum Gasteiger partial charge on any atom is -0.497 e. The molecule has 2 nitrogen and oxygen atoms in total. The monoisotopic (exact) mass is 336 g/mol. The van der Waals surface area contributed by atoms with Gasteiger partial charge in [0.05, 0.1) is 13.7 Å². The number of unbranched alkanes of at least 4 members (excludes halogenated alkanes) is 3. The number of hydrogen-bond donors (Lipinski definition) is 0. The van der Waals surface area contributed by atoms with E-state index in [0.29, 0.717) is 0 Å². The van der Waals surface area contributed by atoms with Crippen molar-refractivity contribution >= 4 is 26.7 Å². The van der Waals surface area contributed by atoms with E-state index in [1.807, 2.05) is 18.2 Å². The van der Waals surface area contributed by atoms with Crippen LogP contribution in [0.5, 0.6) is 11.5 Å². The molecule has 0 atom stereocenters. The largest absolute Gasteiger partial charge is 0.497 e. The van der Waals surface area contributed by atoms with Crippen LogP contribution in [0.3, 0.4) is 0 Å². The fourth-order valence-electron chi connectivity index (χ4n) is 2.16. The summed E-state index contributed by atoms with van der Waals surface area (Å²) in [5.74, 6) is 1.83. The van der Waals surface area contributed by atoms with Crippen LogP contribution in [-0.2, 0) is 0 Å². The summed E-state index contributed by atoms with van der Waals surface area (Å²) in [4.78, 5) is 0. The molecular weight excluding hydrogens is 316 g/mol. The van der Waals surface area contributed by atoms with E-state index in [9.17, 15) is 0 Å². The van der Waals surface area contributed by atoms with Gasteiger partial charge in [-0.1, -0.05) is 40.9 Å². The molecular formula is C17H21BrO2. The Balaban J connectivity index is 1.88. The maximum Gasteiger partial charge on any atom is 0.119 e. The third-order valence-electron chi connectivity index (χ3n) is 3.32. The highest BCUT2D eigenvalue weighted by Crippen LogP contribution is 2.24. The minimum absolute atomic E-state index is 0.796. The maximum absolute atomic E-state index is 5.81. The highest BCUT2D eigenvalue weighted by Gasteiger charge is 2.00. The summed E-state index contributed by atoms with van der Waals surface area (Å²) >= 11 is 3.45. The van der Waals surface area contributed by atoms with Gasteiger partial charge in [-0.05, 0) is 47.9 Å². The number of halogens is 1. The lowest BCUT2D eigenvalue weighted by molar-refractivity contribution is 0.305. The molecule has 0 amide bonds. The van der Waals surface area contributed by atoms with Crippen molar-refractivity contribution in [2.75, 3.05) is 19.0 Å². The van der Waals surface area contributed by atoms with E-state index in [4.69, 9.17) is 9.47 Å². The van der Waals surface area contributed by atoms with Crippen molar-refractivity contribution in [3.05, 3.63) is 36.4 Å². The number of rotatable bonds is 8. The topological polar surface area (TPSA) is 18.5 Å². The van der Waals surface area contributed by atoms with Crippen molar-refractivity contribution in [3.8, 4) is 11.5 Å². The standard InChI is InChI=1S/C17H21BrO2/c1-19-16-8-6-15-13-17(9-7-14(15)12-16)20-11-5-3-2-4-10-18/h6-9,12-13H,2-5,10-11H2,1H3. The smallest absolute Gasteiger partial charge is 0.119 e. The highest BCUT2D eigenvalue weighted by molar-refractivity contribution is 9.09. The fourth-order valence-corrected chi connectivity index (χ4v) is 2.56. The van der Waals surface area contributed by atoms with Crippen LogP contribution in [0.25, 0.3) is 10.8 Å². The van der Waals surface area contributed by atoms with Gasteiger partial charge < -0.3 is 9.47 Å². The Labute approximate surface area is 129 Å². The molecule has 0 aromatic heterocycles. The Kier molecular flexibility index (Phi) is 6.19. The van der Waals surface area contributed by atoms with E-state index in [2.05, 4.69) is 34.1 Å². The van der Waals surface area contributed by atoms with Crippen LogP contribution in [0.4, 0.5) is 0 Å². The first-order valence-corrected chi connectivity index (χ1v) is 8.22. The van der Waals surface area contributed by atoms with Gasteiger partial charge in [0.25, 0.3) is 0 Å². The molecule has 0 aliphatic rings. The van der Waals surface area contributed by atoms with E-state index < -0.39 is 0 Å². The molecule has 108 valence electrons. The molecule has 20 heavy (non-hydrogen) atoms. The van der Waals surface area contributed by atoms with Crippen LogP contribution in [0.1, 0.15) is 25.7 Å². The molecule has 0 saturated carbocycles. The average Bonchev–Trinajstić information content (AvgIpc) is 2.50. The summed E-state index contributed by atoms with van der Waals surface area (Å²) < 4.78 is 11.0. The molecule has 3 heteroatoms. The third-order valence-corrected chi connectivity index (χ3v) is 3.88. The molecule has 0 aliphatic carbocycles. The van der Waals surface area contributed by atoms with E-state index >= 15 is 0 Å². The van der Waals surface area contributed by atoms with Gasteiger partial charge in [0.15, 0.2) is 0 Å². The van der Waals surface area contributed by atoms with Crippen molar-refractivity contribution in [1.82, 2.24) is 0 Å². The summed E-state index contributed by atoms with van der Waals surface area (Å²) in [5, 5.41) is 3.46. The van der Waals surface area contributed by atoms with Crippen LogP contribution >= 0.6 is 15.9 Å². The number of alkyl halides is 1. The van der Waals surface area contributed by atoms with Crippen molar-refractivity contribution in [1.29, 1.82) is 0 Å². The normalized spacial score (nSPS) is 10.7. The fraction of sp³-hybridized carbons (Fsp3) is 0.412. The van der Waals surface area contributed by atoms with Gasteiger partial charge in [0.1, 0.15) is 11.5 Å². The quantitative estimate of drug-likeness (QED) is 0.488. The first-order chi connectivity index (χ1) is 9.83. The first kappa shape index (κ1) is 15.2. The number of benzene rings is 2. The molecule has 0 fully saturated rings. The SMILES string of the molecule is COc1ccc2cc(OCCCCCCBr)ccc2c1. The van der Waals surface area contributed by atoms with Gasteiger partial charge >= 0.3 is 0 Å². The van der Waals surface area contributed by atoms with Crippen LogP contribution in [0, 0.1) is 0 Å². The summed E-state index contributed by atoms with van der Waals surface area (Å²) in [6.07, 6.45) is 4.87. The van der Waals surface area contributed by atoms with Crippen LogP contribution in [0.2, 0.25) is 0 Å². The number of hydrogen-bond acceptors (Lipinski definition) is 2. The van der Waals surface area contributed by atoms with E-state index in [1.54, 1.807) is 7.11 Å². The Morgan fingerprint density at radius 1 is 0.850 bits per heavy atom. The Morgan fingerprint density at radius 2 is 1.50 bits per heavy atom. The molecule has 0 radical (unpaired) electrons. The second-order valence-corrected chi connectivity index (χ2v) is 5.62.